The lowest BCUT2D eigenvalue weighted by Crippen LogP contribution is -2.35. The first kappa shape index (κ1) is 17.0. The van der Waals surface area contributed by atoms with Crippen molar-refractivity contribution in [1.29, 1.82) is 0 Å². The van der Waals surface area contributed by atoms with Gasteiger partial charge in [0.15, 0.2) is 5.12 Å². The van der Waals surface area contributed by atoms with Crippen LogP contribution in [0.1, 0.15) is 45.2 Å². The zero-order valence-corrected chi connectivity index (χ0v) is 13.7. The maximum absolute atomic E-state index is 10.8. The minimum atomic E-state index is 0.146. The van der Waals surface area contributed by atoms with E-state index in [0.717, 1.165) is 18.7 Å². The summed E-state index contributed by atoms with van der Waals surface area (Å²) in [5.41, 5.74) is 2.65. The molecule has 20 heavy (non-hydrogen) atoms. The number of carbonyl (C=O) groups excluding carboxylic acids is 1. The van der Waals surface area contributed by atoms with Crippen LogP contribution in [0.3, 0.4) is 0 Å². The predicted molar refractivity (Wildman–Crippen MR) is 89.8 cm³/mol. The van der Waals surface area contributed by atoms with Crippen LogP contribution >= 0.6 is 11.8 Å². The highest BCUT2D eigenvalue weighted by Crippen LogP contribution is 2.10. The molecule has 0 saturated heterocycles. The van der Waals surface area contributed by atoms with Crippen molar-refractivity contribution in [3.8, 4) is 0 Å². The Morgan fingerprint density at radius 1 is 1.25 bits per heavy atom. The average Bonchev–Trinajstić information content (AvgIpc) is 2.36. The number of hydrogen-bond acceptors (Lipinski definition) is 3. The second kappa shape index (κ2) is 8.28. The summed E-state index contributed by atoms with van der Waals surface area (Å²) in [6.07, 6.45) is 5.16. The zero-order valence-electron chi connectivity index (χ0n) is 12.9. The number of benzene rings is 1. The van der Waals surface area contributed by atoms with Gasteiger partial charge < -0.3 is 5.32 Å². The summed E-state index contributed by atoms with van der Waals surface area (Å²) in [5.74, 6) is 0.861. The van der Waals surface area contributed by atoms with Gasteiger partial charge in [0.2, 0.25) is 0 Å². The minimum absolute atomic E-state index is 0.146. The van der Waals surface area contributed by atoms with E-state index in [4.69, 9.17) is 0 Å². The highest BCUT2D eigenvalue weighted by Gasteiger charge is 2.07. The molecule has 0 aromatic heterocycles. The first-order valence-electron chi connectivity index (χ1n) is 7.01. The van der Waals surface area contributed by atoms with Gasteiger partial charge in [0, 0.05) is 24.8 Å². The predicted octanol–water partition coefficient (Wildman–Crippen LogP) is 4.26. The molecule has 2 nitrogen and oxygen atoms in total. The van der Waals surface area contributed by atoms with Gasteiger partial charge in [-0.05, 0) is 38.3 Å². The molecule has 0 heterocycles. The van der Waals surface area contributed by atoms with Crippen LogP contribution in [0.15, 0.2) is 30.3 Å². The van der Waals surface area contributed by atoms with Crippen molar-refractivity contribution < 1.29 is 4.79 Å². The van der Waals surface area contributed by atoms with Crippen molar-refractivity contribution in [1.82, 2.24) is 5.32 Å². The molecule has 0 saturated carbocycles. The minimum Gasteiger partial charge on any atom is -0.308 e. The summed E-state index contributed by atoms with van der Waals surface area (Å²) < 4.78 is 0. The smallest absolute Gasteiger partial charge is 0.185 e. The van der Waals surface area contributed by atoms with Gasteiger partial charge in [-0.15, -0.1) is 0 Å². The number of allylic oxidation sites excluding steroid dienone is 1. The van der Waals surface area contributed by atoms with Crippen LogP contribution in [-0.2, 0) is 11.3 Å². The van der Waals surface area contributed by atoms with Crippen molar-refractivity contribution >= 4 is 23.0 Å². The molecule has 0 bridgehead atoms. The average molecular weight is 291 g/mol. The van der Waals surface area contributed by atoms with E-state index in [1.54, 1.807) is 6.92 Å². The Hall–Kier alpha value is -1.06. The highest BCUT2D eigenvalue weighted by molar-refractivity contribution is 8.13. The van der Waals surface area contributed by atoms with Crippen molar-refractivity contribution in [3.05, 3.63) is 41.5 Å². The van der Waals surface area contributed by atoms with Crippen LogP contribution in [0, 0.1) is 0 Å². The van der Waals surface area contributed by atoms with E-state index in [9.17, 15) is 4.79 Å². The lowest BCUT2D eigenvalue weighted by atomic mass is 10.1. The van der Waals surface area contributed by atoms with Crippen LogP contribution in [-0.4, -0.2) is 16.4 Å². The SMILES string of the molecule is CC(=O)SCCC=Cc1ccc(CNC(C)(C)C)cc1. The molecule has 0 aliphatic carbocycles. The largest absolute Gasteiger partial charge is 0.308 e. The molecule has 0 radical (unpaired) electrons. The summed E-state index contributed by atoms with van der Waals surface area (Å²) in [6, 6.07) is 8.58. The summed E-state index contributed by atoms with van der Waals surface area (Å²) in [4.78, 5) is 10.8. The quantitative estimate of drug-likeness (QED) is 0.794. The van der Waals surface area contributed by atoms with Crippen LogP contribution in [0.2, 0.25) is 0 Å². The lowest BCUT2D eigenvalue weighted by Gasteiger charge is -2.20. The van der Waals surface area contributed by atoms with Crippen LogP contribution in [0.4, 0.5) is 0 Å². The fraction of sp³-hybridized carbons (Fsp3) is 0.471. The third-order valence-corrected chi connectivity index (χ3v) is 3.55. The Morgan fingerprint density at radius 3 is 2.45 bits per heavy atom. The standard InChI is InChI=1S/C17H25NOS/c1-14(19)20-12-6-5-7-15-8-10-16(11-9-15)13-18-17(2,3)4/h5,7-11,18H,6,12-13H2,1-4H3. The van der Waals surface area contributed by atoms with Gasteiger partial charge in [-0.3, -0.25) is 4.79 Å². The summed E-state index contributed by atoms with van der Waals surface area (Å²) in [7, 11) is 0. The Labute approximate surface area is 127 Å². The van der Waals surface area contributed by atoms with E-state index in [1.165, 1.54) is 22.9 Å². The van der Waals surface area contributed by atoms with Gasteiger partial charge in [0.05, 0.1) is 0 Å². The molecule has 1 aromatic carbocycles. The number of nitrogens with one attached hydrogen (secondary N) is 1. The molecule has 0 fully saturated rings. The van der Waals surface area contributed by atoms with E-state index in [0.29, 0.717) is 0 Å². The molecular weight excluding hydrogens is 266 g/mol. The van der Waals surface area contributed by atoms with Crippen LogP contribution in [0.25, 0.3) is 6.08 Å². The molecule has 0 spiro atoms. The molecule has 3 heteroatoms. The molecule has 0 unspecified atom stereocenters. The van der Waals surface area contributed by atoms with E-state index in [2.05, 4.69) is 62.5 Å². The van der Waals surface area contributed by atoms with Gasteiger partial charge in [-0.25, -0.2) is 0 Å². The maximum atomic E-state index is 10.8. The van der Waals surface area contributed by atoms with E-state index >= 15 is 0 Å². The topological polar surface area (TPSA) is 29.1 Å². The second-order valence-corrected chi connectivity index (χ2v) is 7.15. The first-order chi connectivity index (χ1) is 9.37. The second-order valence-electron chi connectivity index (χ2n) is 5.88. The fourth-order valence-corrected chi connectivity index (χ4v) is 2.15. The first-order valence-corrected chi connectivity index (χ1v) is 7.99. The third kappa shape index (κ3) is 8.18. The molecule has 1 aromatic rings. The Kier molecular flexibility index (Phi) is 7.03. The van der Waals surface area contributed by atoms with E-state index in [-0.39, 0.29) is 10.7 Å². The summed E-state index contributed by atoms with van der Waals surface area (Å²) in [5, 5.41) is 3.66. The summed E-state index contributed by atoms with van der Waals surface area (Å²) in [6.45, 7) is 9.01. The van der Waals surface area contributed by atoms with Crippen LogP contribution < -0.4 is 5.32 Å². The molecule has 1 N–H and O–H groups in total. The molecular formula is C17H25NOS. The lowest BCUT2D eigenvalue weighted by molar-refractivity contribution is -0.109. The normalized spacial score (nSPS) is 12.0. The van der Waals surface area contributed by atoms with Gasteiger partial charge in [0.25, 0.3) is 0 Å². The zero-order chi connectivity index (χ0) is 15.0. The van der Waals surface area contributed by atoms with Crippen molar-refractivity contribution in [2.45, 2.75) is 46.2 Å². The van der Waals surface area contributed by atoms with Gasteiger partial charge in [0.1, 0.15) is 0 Å². The van der Waals surface area contributed by atoms with Crippen molar-refractivity contribution in [2.24, 2.45) is 0 Å². The number of hydrogen-bond donors (Lipinski definition) is 1. The van der Waals surface area contributed by atoms with Gasteiger partial charge in [-0.1, -0.05) is 48.2 Å². The Balaban J connectivity index is 2.38. The molecule has 0 aliphatic heterocycles. The fourth-order valence-electron chi connectivity index (χ4n) is 1.60. The monoisotopic (exact) mass is 291 g/mol. The van der Waals surface area contributed by atoms with Crippen molar-refractivity contribution in [3.63, 3.8) is 0 Å². The number of carbonyl (C=O) groups is 1. The number of rotatable bonds is 6. The molecule has 0 aliphatic rings. The van der Waals surface area contributed by atoms with Crippen LogP contribution in [0.5, 0.6) is 0 Å². The molecule has 110 valence electrons. The maximum Gasteiger partial charge on any atom is 0.185 e. The molecule has 0 atom stereocenters. The molecule has 0 amide bonds. The Bertz CT molecular complexity index is 443. The van der Waals surface area contributed by atoms with E-state index in [1.807, 2.05) is 0 Å². The summed E-state index contributed by atoms with van der Waals surface area (Å²) >= 11 is 1.38. The van der Waals surface area contributed by atoms with Gasteiger partial charge in [-0.2, -0.15) is 0 Å². The van der Waals surface area contributed by atoms with E-state index < -0.39 is 0 Å². The molecule has 1 rings (SSSR count). The Morgan fingerprint density at radius 2 is 1.90 bits per heavy atom. The highest BCUT2D eigenvalue weighted by atomic mass is 32.2. The third-order valence-electron chi connectivity index (χ3n) is 2.70. The van der Waals surface area contributed by atoms with Crippen molar-refractivity contribution in [2.75, 3.05) is 5.75 Å². The number of thioether (sulfide) groups is 1. The van der Waals surface area contributed by atoms with Gasteiger partial charge >= 0.3 is 0 Å².